The minimum Gasteiger partial charge on any atom is -0.367 e. The van der Waals surface area contributed by atoms with Gasteiger partial charge in [0, 0.05) is 31.2 Å². The van der Waals surface area contributed by atoms with E-state index >= 15 is 0 Å². The van der Waals surface area contributed by atoms with Crippen LogP contribution >= 0.6 is 0 Å². The fourth-order valence-electron chi connectivity index (χ4n) is 4.45. The molecule has 2 aliphatic carbocycles. The number of alkyl halides is 3. The van der Waals surface area contributed by atoms with Gasteiger partial charge in [-0.15, -0.1) is 0 Å². The molecular weight excluding hydrogens is 461 g/mol. The Morgan fingerprint density at radius 3 is 2.42 bits per heavy atom. The third-order valence-corrected chi connectivity index (χ3v) is 7.45. The SMILES string of the molecule is N[C@H]1CC[C@H](Nc2nc(NCCNS(=O)(=O)C(F)(F)F)c3ncn(C4CCCC4)c3n2)CC1. The van der Waals surface area contributed by atoms with Crippen molar-refractivity contribution in [1.29, 1.82) is 0 Å². The number of aromatic nitrogens is 4. The molecule has 14 heteroatoms. The third kappa shape index (κ3) is 5.49. The highest BCUT2D eigenvalue weighted by Crippen LogP contribution is 2.33. The van der Waals surface area contributed by atoms with E-state index in [0.29, 0.717) is 22.9 Å². The Balaban J connectivity index is 1.53. The van der Waals surface area contributed by atoms with Crippen molar-refractivity contribution < 1.29 is 21.6 Å². The Morgan fingerprint density at radius 2 is 1.76 bits per heavy atom. The molecule has 0 spiro atoms. The number of hydrogen-bond donors (Lipinski definition) is 4. The first-order valence-corrected chi connectivity index (χ1v) is 12.7. The van der Waals surface area contributed by atoms with E-state index in [1.165, 1.54) is 4.72 Å². The monoisotopic (exact) mass is 490 g/mol. The molecule has 2 fully saturated rings. The largest absolute Gasteiger partial charge is 0.511 e. The number of nitrogens with zero attached hydrogens (tertiary/aromatic N) is 4. The molecule has 0 unspecified atom stereocenters. The van der Waals surface area contributed by atoms with Crippen LogP contribution in [0.1, 0.15) is 57.4 Å². The van der Waals surface area contributed by atoms with Gasteiger partial charge in [0.05, 0.1) is 6.33 Å². The van der Waals surface area contributed by atoms with Gasteiger partial charge in [-0.2, -0.15) is 23.1 Å². The van der Waals surface area contributed by atoms with Crippen molar-refractivity contribution >= 4 is 33.0 Å². The number of fused-ring (bicyclic) bond motifs is 1. The van der Waals surface area contributed by atoms with Crippen molar-refractivity contribution in [3.8, 4) is 0 Å². The average molecular weight is 491 g/mol. The summed E-state index contributed by atoms with van der Waals surface area (Å²) in [7, 11) is -5.40. The van der Waals surface area contributed by atoms with E-state index < -0.39 is 22.1 Å². The average Bonchev–Trinajstić information content (AvgIpc) is 3.41. The Morgan fingerprint density at radius 1 is 1.06 bits per heavy atom. The van der Waals surface area contributed by atoms with Crippen molar-refractivity contribution in [3.63, 3.8) is 0 Å². The van der Waals surface area contributed by atoms with Gasteiger partial charge in [0.25, 0.3) is 0 Å². The van der Waals surface area contributed by atoms with Gasteiger partial charge in [0.15, 0.2) is 17.0 Å². The Kier molecular flexibility index (Phi) is 6.96. The second-order valence-electron chi connectivity index (χ2n) is 8.68. The summed E-state index contributed by atoms with van der Waals surface area (Å²) >= 11 is 0. The number of anilines is 2. The van der Waals surface area contributed by atoms with Gasteiger partial charge in [-0.1, -0.05) is 12.8 Å². The molecule has 2 saturated carbocycles. The lowest BCUT2D eigenvalue weighted by Crippen LogP contribution is -2.38. The van der Waals surface area contributed by atoms with Gasteiger partial charge in [0.1, 0.15) is 0 Å². The first kappa shape index (κ1) is 24.0. The van der Waals surface area contributed by atoms with Crippen LogP contribution < -0.4 is 21.1 Å². The second kappa shape index (κ2) is 9.58. The van der Waals surface area contributed by atoms with Crippen LogP contribution in [0.25, 0.3) is 11.2 Å². The van der Waals surface area contributed by atoms with Crippen molar-refractivity contribution in [1.82, 2.24) is 24.2 Å². The standard InChI is InChI=1S/C19H29F3N8O2S/c20-19(21,22)33(31,32)26-10-9-24-16-15-17(30(11-25-15)14-3-1-2-4-14)29-18(28-16)27-13-7-5-12(23)6-8-13/h11-14,26H,1-10,23H2,(H2,24,27,28,29)/t12-,13-. The highest BCUT2D eigenvalue weighted by atomic mass is 32.2. The van der Waals surface area contributed by atoms with Gasteiger partial charge in [-0.25, -0.2) is 18.1 Å². The molecule has 0 bridgehead atoms. The Hall–Kier alpha value is -2.19. The van der Waals surface area contributed by atoms with Crippen LogP contribution in [0.15, 0.2) is 6.33 Å². The van der Waals surface area contributed by atoms with E-state index in [1.54, 1.807) is 6.33 Å². The maximum atomic E-state index is 12.5. The van der Waals surface area contributed by atoms with Crippen LogP contribution in [-0.2, 0) is 10.0 Å². The molecular formula is C19H29F3N8O2S. The quantitative estimate of drug-likeness (QED) is 0.414. The molecule has 0 radical (unpaired) electrons. The molecule has 184 valence electrons. The first-order chi connectivity index (χ1) is 15.6. The summed E-state index contributed by atoms with van der Waals surface area (Å²) in [5, 5.41) is 6.28. The van der Waals surface area contributed by atoms with Gasteiger partial charge in [-0.05, 0) is 38.5 Å². The summed E-state index contributed by atoms with van der Waals surface area (Å²) in [6.45, 7) is -0.560. The summed E-state index contributed by atoms with van der Waals surface area (Å²) < 4.78 is 63.5. The maximum absolute atomic E-state index is 12.5. The van der Waals surface area contributed by atoms with E-state index in [4.69, 9.17) is 10.7 Å². The van der Waals surface area contributed by atoms with Crippen molar-refractivity contribution in [2.45, 2.75) is 75.0 Å². The molecule has 0 saturated heterocycles. The summed E-state index contributed by atoms with van der Waals surface area (Å²) in [4.78, 5) is 13.6. The topological polar surface area (TPSA) is 140 Å². The molecule has 0 amide bonds. The smallest absolute Gasteiger partial charge is 0.367 e. The predicted molar refractivity (Wildman–Crippen MR) is 118 cm³/mol. The van der Waals surface area contributed by atoms with Crippen LogP contribution in [-0.4, -0.2) is 58.6 Å². The number of nitrogens with one attached hydrogen (secondary N) is 3. The number of halogens is 3. The van der Waals surface area contributed by atoms with E-state index in [9.17, 15) is 21.6 Å². The van der Waals surface area contributed by atoms with Crippen molar-refractivity contribution in [2.75, 3.05) is 23.7 Å². The molecule has 4 rings (SSSR count). The first-order valence-electron chi connectivity index (χ1n) is 11.2. The van der Waals surface area contributed by atoms with E-state index in [0.717, 1.165) is 51.4 Å². The molecule has 2 aromatic heterocycles. The summed E-state index contributed by atoms with van der Waals surface area (Å²) in [6.07, 6.45) is 9.64. The number of sulfonamides is 1. The highest BCUT2D eigenvalue weighted by molar-refractivity contribution is 7.90. The molecule has 2 aromatic rings. The van der Waals surface area contributed by atoms with Crippen LogP contribution in [0.5, 0.6) is 0 Å². The van der Waals surface area contributed by atoms with Crippen LogP contribution in [0.3, 0.4) is 0 Å². The molecule has 33 heavy (non-hydrogen) atoms. The van der Waals surface area contributed by atoms with Gasteiger partial charge in [0.2, 0.25) is 5.95 Å². The van der Waals surface area contributed by atoms with Crippen molar-refractivity contribution in [2.24, 2.45) is 5.73 Å². The summed E-state index contributed by atoms with van der Waals surface area (Å²) in [5.41, 5.74) is 1.78. The zero-order chi connectivity index (χ0) is 23.6. The fourth-order valence-corrected chi connectivity index (χ4v) is 4.98. The normalized spacial score (nSPS) is 22.7. The highest BCUT2D eigenvalue weighted by Gasteiger charge is 2.45. The second-order valence-corrected chi connectivity index (χ2v) is 10.4. The van der Waals surface area contributed by atoms with E-state index in [1.807, 2.05) is 4.57 Å². The Labute approximate surface area is 190 Å². The number of nitrogens with two attached hydrogens (primary N) is 1. The molecule has 2 heterocycles. The molecule has 2 aliphatic rings. The zero-order valence-corrected chi connectivity index (χ0v) is 18.9. The third-order valence-electron chi connectivity index (χ3n) is 6.26. The minimum atomic E-state index is -5.40. The zero-order valence-electron chi connectivity index (χ0n) is 18.1. The van der Waals surface area contributed by atoms with Crippen molar-refractivity contribution in [3.05, 3.63) is 6.33 Å². The Bertz CT molecular complexity index is 1060. The van der Waals surface area contributed by atoms with E-state index in [2.05, 4.69) is 20.6 Å². The van der Waals surface area contributed by atoms with Crippen LogP contribution in [0.2, 0.25) is 0 Å². The van der Waals surface area contributed by atoms with Crippen LogP contribution in [0.4, 0.5) is 24.9 Å². The van der Waals surface area contributed by atoms with Gasteiger partial charge < -0.3 is 20.9 Å². The predicted octanol–water partition coefficient (Wildman–Crippen LogP) is 2.47. The lowest BCUT2D eigenvalue weighted by molar-refractivity contribution is -0.0447. The van der Waals surface area contributed by atoms with Crippen LogP contribution in [0, 0.1) is 0 Å². The number of imidazole rings is 1. The molecule has 0 aromatic carbocycles. The van der Waals surface area contributed by atoms with Gasteiger partial charge in [-0.3, -0.25) is 0 Å². The molecule has 5 N–H and O–H groups in total. The van der Waals surface area contributed by atoms with Gasteiger partial charge >= 0.3 is 15.5 Å². The summed E-state index contributed by atoms with van der Waals surface area (Å²) in [6, 6.07) is 0.668. The number of hydrogen-bond acceptors (Lipinski definition) is 8. The lowest BCUT2D eigenvalue weighted by atomic mass is 9.92. The lowest BCUT2D eigenvalue weighted by Gasteiger charge is -2.27. The summed E-state index contributed by atoms with van der Waals surface area (Å²) in [5.74, 6) is 0.749. The number of rotatable bonds is 8. The minimum absolute atomic E-state index is 0.102. The molecule has 0 aliphatic heterocycles. The van der Waals surface area contributed by atoms with E-state index in [-0.39, 0.29) is 24.7 Å². The molecule has 10 nitrogen and oxygen atoms in total. The maximum Gasteiger partial charge on any atom is 0.511 e. The fraction of sp³-hybridized carbons (Fsp3) is 0.737. The molecule has 0 atom stereocenters.